The Hall–Kier alpha value is -2.18. The molecule has 0 aliphatic carbocycles. The zero-order valence-electron chi connectivity index (χ0n) is 19.7. The molecule has 7 nitrogen and oxygen atoms in total. The molecule has 2 aromatic rings. The summed E-state index contributed by atoms with van der Waals surface area (Å²) < 4.78 is 70.1. The van der Waals surface area contributed by atoms with Gasteiger partial charge in [-0.05, 0) is 31.3 Å². The molecule has 1 N–H and O–H groups in total. The van der Waals surface area contributed by atoms with E-state index in [2.05, 4.69) is 0 Å². The topological polar surface area (TPSA) is 81.2 Å². The van der Waals surface area contributed by atoms with Gasteiger partial charge in [0.15, 0.2) is 5.60 Å². The Labute approximate surface area is 207 Å². The van der Waals surface area contributed by atoms with Gasteiger partial charge in [-0.1, -0.05) is 43.6 Å². The molecular formula is C23H27ClF3N3O4S. The van der Waals surface area contributed by atoms with Crippen LogP contribution in [0.3, 0.4) is 0 Å². The highest BCUT2D eigenvalue weighted by molar-refractivity contribution is 7.89. The van der Waals surface area contributed by atoms with Crippen LogP contribution in [0.15, 0.2) is 41.3 Å². The number of likely N-dealkylation sites (N-methyl/N-ethyl adjacent to an activating group) is 1. The number of anilines is 1. The summed E-state index contributed by atoms with van der Waals surface area (Å²) in [4.78, 5) is 15.6. The van der Waals surface area contributed by atoms with Gasteiger partial charge >= 0.3 is 6.18 Å². The second-order valence-electron chi connectivity index (χ2n) is 8.29. The Morgan fingerprint density at radius 2 is 1.69 bits per heavy atom. The van der Waals surface area contributed by atoms with Crippen molar-refractivity contribution < 1.29 is 31.5 Å². The molecule has 35 heavy (non-hydrogen) atoms. The minimum Gasteiger partial charge on any atom is -0.372 e. The molecular weight excluding hydrogens is 507 g/mol. The van der Waals surface area contributed by atoms with E-state index in [1.165, 1.54) is 24.3 Å². The van der Waals surface area contributed by atoms with Crippen molar-refractivity contribution in [3.8, 4) is 0 Å². The zero-order valence-corrected chi connectivity index (χ0v) is 21.3. The maximum atomic E-state index is 14.6. The quantitative estimate of drug-likeness (QED) is 0.561. The summed E-state index contributed by atoms with van der Waals surface area (Å²) in [5.41, 5.74) is -5.76. The van der Waals surface area contributed by atoms with Gasteiger partial charge in [0, 0.05) is 43.3 Å². The van der Waals surface area contributed by atoms with Gasteiger partial charge in [0.05, 0.1) is 16.1 Å². The van der Waals surface area contributed by atoms with Gasteiger partial charge in [-0.25, -0.2) is 12.7 Å². The van der Waals surface area contributed by atoms with Crippen molar-refractivity contribution in [2.75, 3.05) is 45.2 Å². The van der Waals surface area contributed by atoms with E-state index in [1.807, 2.05) is 18.7 Å². The van der Waals surface area contributed by atoms with Crippen LogP contribution in [-0.4, -0.2) is 68.9 Å². The predicted octanol–water partition coefficient (Wildman–Crippen LogP) is 3.53. The number of nitrogens with zero attached hydrogens (tertiary/aromatic N) is 3. The van der Waals surface area contributed by atoms with Crippen LogP contribution in [0.5, 0.6) is 0 Å². The van der Waals surface area contributed by atoms with Crippen LogP contribution in [0.4, 0.5) is 18.9 Å². The summed E-state index contributed by atoms with van der Waals surface area (Å²) in [6.45, 7) is 5.42. The SMILES string of the molecule is CCN(CC)CCN1C(=O)C(O)(c2ccccc2Cl)c2c1ccc(S(=O)(=O)N(C)C)c2C(F)(F)F. The molecule has 0 bridgehead atoms. The maximum Gasteiger partial charge on any atom is 0.418 e. The predicted molar refractivity (Wildman–Crippen MR) is 127 cm³/mol. The molecule has 1 heterocycles. The smallest absolute Gasteiger partial charge is 0.372 e. The number of aliphatic hydroxyl groups is 1. The number of halogens is 4. The van der Waals surface area contributed by atoms with Crippen molar-refractivity contribution in [1.82, 2.24) is 9.21 Å². The fourth-order valence-electron chi connectivity index (χ4n) is 4.28. The number of sulfonamides is 1. The van der Waals surface area contributed by atoms with E-state index >= 15 is 0 Å². The number of hydrogen-bond donors (Lipinski definition) is 1. The molecule has 3 rings (SSSR count). The average Bonchev–Trinajstić information content (AvgIpc) is 3.00. The molecule has 12 heteroatoms. The van der Waals surface area contributed by atoms with Crippen LogP contribution in [0.2, 0.25) is 5.02 Å². The first-order valence-electron chi connectivity index (χ1n) is 10.9. The highest BCUT2D eigenvalue weighted by Crippen LogP contribution is 2.53. The van der Waals surface area contributed by atoms with Crippen LogP contribution >= 0.6 is 11.6 Å². The van der Waals surface area contributed by atoms with E-state index in [1.54, 1.807) is 0 Å². The lowest BCUT2D eigenvalue weighted by atomic mass is 9.84. The number of rotatable bonds is 8. The minimum atomic E-state index is -5.21. The highest BCUT2D eigenvalue weighted by Gasteiger charge is 2.57. The maximum absolute atomic E-state index is 14.6. The number of fused-ring (bicyclic) bond motifs is 1. The molecule has 0 saturated heterocycles. The molecule has 1 aliphatic heterocycles. The summed E-state index contributed by atoms with van der Waals surface area (Å²) in [6, 6.07) is 7.49. The van der Waals surface area contributed by atoms with E-state index in [9.17, 15) is 31.5 Å². The zero-order chi connectivity index (χ0) is 26.3. The van der Waals surface area contributed by atoms with Gasteiger partial charge in [0.25, 0.3) is 5.91 Å². The lowest BCUT2D eigenvalue weighted by molar-refractivity contribution is -0.144. The fourth-order valence-corrected chi connectivity index (χ4v) is 5.66. The second-order valence-corrected chi connectivity index (χ2v) is 10.8. The Bertz CT molecular complexity index is 1230. The third-order valence-electron chi connectivity index (χ3n) is 6.19. The number of alkyl halides is 3. The van der Waals surface area contributed by atoms with E-state index in [4.69, 9.17) is 11.6 Å². The van der Waals surface area contributed by atoms with E-state index in [0.717, 1.165) is 31.1 Å². The Kier molecular flexibility index (Phi) is 7.60. The second kappa shape index (κ2) is 9.70. The van der Waals surface area contributed by atoms with Gasteiger partial charge in [-0.3, -0.25) is 4.79 Å². The molecule has 2 aromatic carbocycles. The molecule has 0 aromatic heterocycles. The van der Waals surface area contributed by atoms with Crippen molar-refractivity contribution in [2.45, 2.75) is 30.5 Å². The normalized spacial score (nSPS) is 18.6. The molecule has 0 fully saturated rings. The third kappa shape index (κ3) is 4.55. The molecule has 1 amide bonds. The lowest BCUT2D eigenvalue weighted by Crippen LogP contribution is -2.44. The van der Waals surface area contributed by atoms with Gasteiger partial charge in [-0.2, -0.15) is 13.2 Å². The van der Waals surface area contributed by atoms with Crippen molar-refractivity contribution in [3.05, 3.63) is 58.1 Å². The monoisotopic (exact) mass is 533 g/mol. The van der Waals surface area contributed by atoms with Gasteiger partial charge < -0.3 is 14.9 Å². The lowest BCUT2D eigenvalue weighted by Gasteiger charge is -2.27. The molecule has 1 unspecified atom stereocenters. The summed E-state index contributed by atoms with van der Waals surface area (Å²) in [5.74, 6) is -1.03. The van der Waals surface area contributed by atoms with Crippen LogP contribution in [0.1, 0.15) is 30.5 Å². The standard InChI is InChI=1S/C23H27ClF3N3O4S/c1-5-29(6-2)13-14-30-17-11-12-18(35(33,34)28(3)4)20(23(25,26)27)19(17)22(32,21(30)31)15-9-7-8-10-16(15)24/h7-12,32H,5-6,13-14H2,1-4H3. The fraction of sp³-hybridized carbons (Fsp3) is 0.435. The largest absolute Gasteiger partial charge is 0.418 e. The molecule has 0 radical (unpaired) electrons. The van der Waals surface area contributed by atoms with Gasteiger partial charge in [0.1, 0.15) is 0 Å². The summed E-state index contributed by atoms with van der Waals surface area (Å²) in [7, 11) is -2.39. The summed E-state index contributed by atoms with van der Waals surface area (Å²) in [5, 5.41) is 11.7. The first-order valence-corrected chi connectivity index (χ1v) is 12.7. The first-order chi connectivity index (χ1) is 16.2. The van der Waals surface area contributed by atoms with Gasteiger partial charge in [0.2, 0.25) is 10.0 Å². The van der Waals surface area contributed by atoms with Gasteiger partial charge in [-0.15, -0.1) is 0 Å². The molecule has 0 saturated carbocycles. The van der Waals surface area contributed by atoms with Crippen molar-refractivity contribution in [1.29, 1.82) is 0 Å². The van der Waals surface area contributed by atoms with E-state index in [-0.39, 0.29) is 22.8 Å². The number of amides is 1. The number of carbonyl (C=O) groups excluding carboxylic acids is 1. The number of carbonyl (C=O) groups is 1. The van der Waals surface area contributed by atoms with E-state index in [0.29, 0.717) is 23.9 Å². The average molecular weight is 534 g/mol. The minimum absolute atomic E-state index is 0.0165. The van der Waals surface area contributed by atoms with Crippen LogP contribution in [-0.2, 0) is 26.6 Å². The highest BCUT2D eigenvalue weighted by atomic mass is 35.5. The van der Waals surface area contributed by atoms with Crippen molar-refractivity contribution >= 4 is 33.2 Å². The number of benzene rings is 2. The Balaban J connectivity index is 2.41. The Morgan fingerprint density at radius 1 is 1.09 bits per heavy atom. The summed E-state index contributed by atoms with van der Waals surface area (Å²) in [6.07, 6.45) is -5.21. The van der Waals surface area contributed by atoms with E-state index < -0.39 is 43.7 Å². The van der Waals surface area contributed by atoms with Crippen molar-refractivity contribution in [3.63, 3.8) is 0 Å². The number of hydrogen-bond acceptors (Lipinski definition) is 5. The summed E-state index contributed by atoms with van der Waals surface area (Å²) >= 11 is 6.25. The molecule has 1 atom stereocenters. The molecule has 1 aliphatic rings. The molecule has 192 valence electrons. The Morgan fingerprint density at radius 3 is 2.20 bits per heavy atom. The first kappa shape index (κ1) is 27.4. The van der Waals surface area contributed by atoms with Crippen molar-refractivity contribution in [2.24, 2.45) is 0 Å². The van der Waals surface area contributed by atoms with Crippen LogP contribution < -0.4 is 4.90 Å². The molecule has 0 spiro atoms. The third-order valence-corrected chi connectivity index (χ3v) is 8.38. The van der Waals surface area contributed by atoms with Crippen LogP contribution in [0, 0.1) is 0 Å². The van der Waals surface area contributed by atoms with Crippen LogP contribution in [0.25, 0.3) is 0 Å².